The lowest BCUT2D eigenvalue weighted by atomic mass is 9.77. The second-order valence-corrected chi connectivity index (χ2v) is 6.40. The van der Waals surface area contributed by atoms with E-state index in [9.17, 15) is 9.90 Å². The Morgan fingerprint density at radius 1 is 0.880 bits per heavy atom. The monoisotopic (exact) mass is 330 g/mol. The van der Waals surface area contributed by atoms with Gasteiger partial charge in [-0.2, -0.15) is 0 Å². The molecule has 0 saturated carbocycles. The number of fused-ring (bicyclic) bond motifs is 6. The van der Waals surface area contributed by atoms with Gasteiger partial charge in [0.15, 0.2) is 5.60 Å². The third-order valence-electron chi connectivity index (χ3n) is 4.85. The minimum absolute atomic E-state index is 0.0988. The maximum absolute atomic E-state index is 12.7. The minimum atomic E-state index is -1.06. The fraction of sp³-hybridized carbons (Fsp3) is 0.0952. The Balaban J connectivity index is 1.91. The van der Waals surface area contributed by atoms with Crippen LogP contribution >= 0.6 is 0 Å². The summed E-state index contributed by atoms with van der Waals surface area (Å²) in [5, 5.41) is 9.86. The Kier molecular flexibility index (Phi) is 2.61. The average Bonchev–Trinajstić information content (AvgIpc) is 2.88. The topological polar surface area (TPSA) is 55.8 Å². The number of para-hydroxylation sites is 1. The molecule has 3 aromatic carbocycles. The number of phenolic OH excluding ortho intramolecular Hbond substituents is 1. The molecule has 5 rings (SSSR count). The Hall–Kier alpha value is -3.27. The minimum Gasteiger partial charge on any atom is -0.508 e. The molecule has 0 amide bonds. The van der Waals surface area contributed by atoms with Crippen molar-refractivity contribution in [2.24, 2.45) is 0 Å². The van der Waals surface area contributed by atoms with E-state index in [0.717, 1.165) is 16.7 Å². The van der Waals surface area contributed by atoms with E-state index in [-0.39, 0.29) is 11.7 Å². The van der Waals surface area contributed by atoms with E-state index in [1.165, 1.54) is 0 Å². The number of carbonyl (C=O) groups excluding carboxylic acids is 1. The normalized spacial score (nSPS) is 19.6. The first-order valence-electron chi connectivity index (χ1n) is 8.05. The van der Waals surface area contributed by atoms with Gasteiger partial charge in [-0.1, -0.05) is 35.9 Å². The molecular formula is C21H14O4. The standard InChI is InChI=1S/C21H14O4/c1-12-6-8-15-14(10-12)20(23)25-21(15)16-4-2-3-5-18(16)24-19-11-13(22)7-9-17(19)21/h2-11,22H,1H3. The molecule has 25 heavy (non-hydrogen) atoms. The largest absolute Gasteiger partial charge is 0.508 e. The molecule has 1 unspecified atom stereocenters. The van der Waals surface area contributed by atoms with Crippen LogP contribution in [-0.4, -0.2) is 11.1 Å². The van der Waals surface area contributed by atoms with Crippen molar-refractivity contribution < 1.29 is 19.4 Å². The number of aromatic hydroxyl groups is 1. The number of benzene rings is 3. The van der Waals surface area contributed by atoms with Crippen LogP contribution in [0.4, 0.5) is 0 Å². The van der Waals surface area contributed by atoms with Gasteiger partial charge in [0, 0.05) is 22.8 Å². The number of aryl methyl sites for hydroxylation is 1. The number of carbonyl (C=O) groups is 1. The van der Waals surface area contributed by atoms with Crippen molar-refractivity contribution in [2.45, 2.75) is 12.5 Å². The van der Waals surface area contributed by atoms with Crippen LogP contribution < -0.4 is 4.74 Å². The Labute approximate surface area is 144 Å². The summed E-state index contributed by atoms with van der Waals surface area (Å²) in [7, 11) is 0. The lowest BCUT2D eigenvalue weighted by Crippen LogP contribution is -2.32. The fourth-order valence-electron chi connectivity index (χ4n) is 3.78. The molecular weight excluding hydrogens is 316 g/mol. The lowest BCUT2D eigenvalue weighted by Gasteiger charge is -2.36. The van der Waals surface area contributed by atoms with E-state index in [1.54, 1.807) is 18.2 Å². The average molecular weight is 330 g/mol. The van der Waals surface area contributed by atoms with Crippen molar-refractivity contribution >= 4 is 5.97 Å². The molecule has 0 bridgehead atoms. The van der Waals surface area contributed by atoms with Gasteiger partial charge in [0.1, 0.15) is 17.2 Å². The van der Waals surface area contributed by atoms with Crippen molar-refractivity contribution in [2.75, 3.05) is 0 Å². The zero-order valence-electron chi connectivity index (χ0n) is 13.4. The first-order valence-corrected chi connectivity index (χ1v) is 8.05. The van der Waals surface area contributed by atoms with Crippen LogP contribution in [0.25, 0.3) is 0 Å². The molecule has 122 valence electrons. The summed E-state index contributed by atoms with van der Waals surface area (Å²) < 4.78 is 12.0. The van der Waals surface area contributed by atoms with Gasteiger partial charge in [-0.25, -0.2) is 4.79 Å². The van der Waals surface area contributed by atoms with Crippen LogP contribution in [0.5, 0.6) is 17.2 Å². The van der Waals surface area contributed by atoms with Crippen molar-refractivity contribution in [1.82, 2.24) is 0 Å². The van der Waals surface area contributed by atoms with Crippen LogP contribution in [0, 0.1) is 6.92 Å². The number of ether oxygens (including phenoxy) is 2. The maximum Gasteiger partial charge on any atom is 0.340 e. The Bertz CT molecular complexity index is 1050. The van der Waals surface area contributed by atoms with Gasteiger partial charge >= 0.3 is 5.97 Å². The van der Waals surface area contributed by atoms with Gasteiger partial charge in [-0.15, -0.1) is 0 Å². The number of rotatable bonds is 0. The molecule has 3 aromatic rings. The zero-order valence-corrected chi connectivity index (χ0v) is 13.4. The summed E-state index contributed by atoms with van der Waals surface area (Å²) >= 11 is 0. The molecule has 1 spiro atoms. The Morgan fingerprint density at radius 2 is 1.64 bits per heavy atom. The number of hydrogen-bond acceptors (Lipinski definition) is 4. The number of esters is 1. The van der Waals surface area contributed by atoms with Crippen molar-refractivity contribution in [1.29, 1.82) is 0 Å². The van der Waals surface area contributed by atoms with Crippen LogP contribution in [0.3, 0.4) is 0 Å². The maximum atomic E-state index is 12.7. The molecule has 2 heterocycles. The predicted molar refractivity (Wildman–Crippen MR) is 91.1 cm³/mol. The molecule has 4 heteroatoms. The molecule has 1 atom stereocenters. The van der Waals surface area contributed by atoms with Gasteiger partial charge in [-0.05, 0) is 31.2 Å². The molecule has 0 radical (unpaired) electrons. The molecule has 2 aliphatic rings. The summed E-state index contributed by atoms with van der Waals surface area (Å²) in [5.74, 6) is 0.845. The molecule has 4 nitrogen and oxygen atoms in total. The molecule has 0 saturated heterocycles. The highest BCUT2D eigenvalue weighted by molar-refractivity contribution is 5.97. The van der Waals surface area contributed by atoms with Crippen molar-refractivity contribution in [3.8, 4) is 17.2 Å². The van der Waals surface area contributed by atoms with Crippen LogP contribution in [0.15, 0.2) is 60.7 Å². The van der Waals surface area contributed by atoms with Gasteiger partial charge in [0.25, 0.3) is 0 Å². The smallest absolute Gasteiger partial charge is 0.340 e. The summed E-state index contributed by atoms with van der Waals surface area (Å²) in [4.78, 5) is 12.7. The summed E-state index contributed by atoms with van der Waals surface area (Å²) in [6, 6.07) is 18.2. The van der Waals surface area contributed by atoms with Crippen LogP contribution in [0.1, 0.15) is 32.6 Å². The van der Waals surface area contributed by atoms with Gasteiger partial charge in [0.2, 0.25) is 0 Å². The zero-order chi connectivity index (χ0) is 17.2. The highest BCUT2D eigenvalue weighted by atomic mass is 16.6. The van der Waals surface area contributed by atoms with Gasteiger partial charge in [-0.3, -0.25) is 0 Å². The van der Waals surface area contributed by atoms with Crippen LogP contribution in [-0.2, 0) is 10.3 Å². The molecule has 2 aliphatic heterocycles. The highest BCUT2D eigenvalue weighted by Gasteiger charge is 2.53. The first kappa shape index (κ1) is 14.1. The molecule has 1 N–H and O–H groups in total. The summed E-state index contributed by atoms with van der Waals surface area (Å²) in [6.07, 6.45) is 0. The second-order valence-electron chi connectivity index (χ2n) is 6.40. The lowest BCUT2D eigenvalue weighted by molar-refractivity contribution is 0.0224. The molecule has 0 fully saturated rings. The number of hydrogen-bond donors (Lipinski definition) is 1. The van der Waals surface area contributed by atoms with E-state index >= 15 is 0 Å². The summed E-state index contributed by atoms with van der Waals surface area (Å²) in [5.41, 5.74) is 2.79. The predicted octanol–water partition coefficient (Wildman–Crippen LogP) is 4.27. The summed E-state index contributed by atoms with van der Waals surface area (Å²) in [6.45, 7) is 1.95. The Morgan fingerprint density at radius 3 is 2.52 bits per heavy atom. The fourth-order valence-corrected chi connectivity index (χ4v) is 3.78. The van der Waals surface area contributed by atoms with Crippen molar-refractivity contribution in [3.05, 3.63) is 88.5 Å². The quantitative estimate of drug-likeness (QED) is 0.626. The number of phenols is 1. The first-order chi connectivity index (χ1) is 12.1. The second kappa shape index (κ2) is 4.63. The SMILES string of the molecule is Cc1ccc2c(c1)C(=O)OC21c2ccccc2Oc2cc(O)ccc21. The van der Waals surface area contributed by atoms with E-state index in [1.807, 2.05) is 49.4 Å². The van der Waals surface area contributed by atoms with Crippen molar-refractivity contribution in [3.63, 3.8) is 0 Å². The van der Waals surface area contributed by atoms with E-state index in [4.69, 9.17) is 9.47 Å². The van der Waals surface area contributed by atoms with Gasteiger partial charge < -0.3 is 14.6 Å². The molecule has 0 aliphatic carbocycles. The van der Waals surface area contributed by atoms with E-state index in [2.05, 4.69) is 0 Å². The van der Waals surface area contributed by atoms with Crippen LogP contribution in [0.2, 0.25) is 0 Å². The van der Waals surface area contributed by atoms with Gasteiger partial charge in [0.05, 0.1) is 5.56 Å². The van der Waals surface area contributed by atoms with E-state index < -0.39 is 5.60 Å². The third-order valence-corrected chi connectivity index (χ3v) is 4.85. The van der Waals surface area contributed by atoms with E-state index in [0.29, 0.717) is 22.6 Å². The highest BCUT2D eigenvalue weighted by Crippen LogP contribution is 2.56. The molecule has 0 aromatic heterocycles. The third kappa shape index (κ3) is 1.74.